The minimum atomic E-state index is -0.858. The van der Waals surface area contributed by atoms with E-state index in [2.05, 4.69) is 10.2 Å². The van der Waals surface area contributed by atoms with Crippen LogP contribution in [0.25, 0.3) is 11.3 Å². The molecule has 0 fully saturated rings. The van der Waals surface area contributed by atoms with Gasteiger partial charge in [0.25, 0.3) is 5.91 Å². The molecule has 0 aliphatic rings. The molecule has 0 aliphatic carbocycles. The fourth-order valence-electron chi connectivity index (χ4n) is 1.96. The molecule has 2 N–H and O–H groups in total. The molecule has 0 saturated heterocycles. The van der Waals surface area contributed by atoms with Gasteiger partial charge in [0.2, 0.25) is 0 Å². The summed E-state index contributed by atoms with van der Waals surface area (Å²) in [4.78, 5) is 24.1. The van der Waals surface area contributed by atoms with Crippen LogP contribution in [0.4, 0.5) is 0 Å². The van der Waals surface area contributed by atoms with E-state index in [-0.39, 0.29) is 12.3 Å². The molecule has 1 heterocycles. The molecule has 21 heavy (non-hydrogen) atoms. The van der Waals surface area contributed by atoms with Gasteiger partial charge in [0, 0.05) is 25.6 Å². The zero-order valence-electron chi connectivity index (χ0n) is 11.7. The summed E-state index contributed by atoms with van der Waals surface area (Å²) in [7, 11) is 1.65. The molecule has 0 spiro atoms. The molecule has 1 amide bonds. The van der Waals surface area contributed by atoms with Crippen molar-refractivity contribution in [3.8, 4) is 11.3 Å². The first kappa shape index (κ1) is 14.8. The fraction of sp³-hybridized carbons (Fsp3) is 0.267. The normalized spacial score (nSPS) is 10.3. The first-order valence-corrected chi connectivity index (χ1v) is 6.66. The van der Waals surface area contributed by atoms with Gasteiger partial charge in [0.1, 0.15) is 5.69 Å². The predicted octanol–water partition coefficient (Wildman–Crippen LogP) is 2.01. The third-order valence-electron chi connectivity index (χ3n) is 3.11. The maximum absolute atomic E-state index is 12.2. The molecule has 6 nitrogen and oxygen atoms in total. The van der Waals surface area contributed by atoms with Crippen molar-refractivity contribution < 1.29 is 14.7 Å². The molecule has 1 aromatic carbocycles. The van der Waals surface area contributed by atoms with E-state index in [1.165, 1.54) is 4.90 Å². The van der Waals surface area contributed by atoms with Crippen molar-refractivity contribution >= 4 is 11.9 Å². The molecule has 6 heteroatoms. The molecule has 0 saturated carbocycles. The molecule has 0 bridgehead atoms. The highest BCUT2D eigenvalue weighted by molar-refractivity contribution is 5.93. The van der Waals surface area contributed by atoms with E-state index in [0.717, 1.165) is 5.56 Å². The minimum absolute atomic E-state index is 0.0514. The molecular weight excluding hydrogens is 270 g/mol. The Morgan fingerprint density at radius 3 is 2.67 bits per heavy atom. The number of benzene rings is 1. The summed E-state index contributed by atoms with van der Waals surface area (Å²) in [6.45, 7) is 0.394. The molecular formula is C15H17N3O3. The van der Waals surface area contributed by atoms with Gasteiger partial charge in [0.15, 0.2) is 0 Å². The number of aliphatic carboxylic acids is 1. The summed E-state index contributed by atoms with van der Waals surface area (Å²) in [5, 5.41) is 15.5. The maximum Gasteiger partial charge on any atom is 0.303 e. The highest BCUT2D eigenvalue weighted by atomic mass is 16.4. The minimum Gasteiger partial charge on any atom is -0.481 e. The number of carbonyl (C=O) groups excluding carboxylic acids is 1. The van der Waals surface area contributed by atoms with E-state index in [9.17, 15) is 9.59 Å². The average molecular weight is 287 g/mol. The number of amides is 1. The van der Waals surface area contributed by atoms with Crippen LogP contribution in [0.5, 0.6) is 0 Å². The maximum atomic E-state index is 12.2. The van der Waals surface area contributed by atoms with Crippen molar-refractivity contribution in [3.05, 3.63) is 42.1 Å². The van der Waals surface area contributed by atoms with Crippen molar-refractivity contribution in [2.45, 2.75) is 12.8 Å². The summed E-state index contributed by atoms with van der Waals surface area (Å²) in [6.07, 6.45) is 0.479. The number of carboxylic acid groups (broad SMARTS) is 1. The Bertz CT molecular complexity index is 622. The Kier molecular flexibility index (Phi) is 4.71. The van der Waals surface area contributed by atoms with Crippen molar-refractivity contribution in [2.75, 3.05) is 13.6 Å². The van der Waals surface area contributed by atoms with Gasteiger partial charge >= 0.3 is 5.97 Å². The fourth-order valence-corrected chi connectivity index (χ4v) is 1.96. The summed E-state index contributed by atoms with van der Waals surface area (Å²) < 4.78 is 0. The Balaban J connectivity index is 2.00. The average Bonchev–Trinajstić information content (AvgIpc) is 2.96. The lowest BCUT2D eigenvalue weighted by Crippen LogP contribution is -2.28. The lowest BCUT2D eigenvalue weighted by molar-refractivity contribution is -0.137. The number of aromatic nitrogens is 2. The standard InChI is InChI=1S/C15H17N3O3/c1-18(9-5-8-14(19)20)15(21)13-10-12(16-17-13)11-6-3-2-4-7-11/h2-4,6-7,10H,5,8-9H2,1H3,(H,16,17)(H,19,20). The molecule has 0 radical (unpaired) electrons. The van der Waals surface area contributed by atoms with E-state index >= 15 is 0 Å². The zero-order valence-corrected chi connectivity index (χ0v) is 11.7. The first-order chi connectivity index (χ1) is 10.1. The van der Waals surface area contributed by atoms with Crippen LogP contribution >= 0.6 is 0 Å². The molecule has 2 aromatic rings. The molecule has 110 valence electrons. The molecule has 0 atom stereocenters. The van der Waals surface area contributed by atoms with Gasteiger partial charge in [-0.15, -0.1) is 0 Å². The highest BCUT2D eigenvalue weighted by Crippen LogP contribution is 2.17. The number of hydrogen-bond acceptors (Lipinski definition) is 3. The van der Waals surface area contributed by atoms with Crippen molar-refractivity contribution in [3.63, 3.8) is 0 Å². The number of carboxylic acids is 1. The lowest BCUT2D eigenvalue weighted by Gasteiger charge is -2.15. The molecule has 1 aromatic heterocycles. The molecule has 2 rings (SSSR count). The third-order valence-corrected chi connectivity index (χ3v) is 3.11. The number of H-pyrrole nitrogens is 1. The second-order valence-electron chi connectivity index (χ2n) is 4.76. The second-order valence-corrected chi connectivity index (χ2v) is 4.76. The van der Waals surface area contributed by atoms with Crippen LogP contribution in [-0.2, 0) is 4.79 Å². The van der Waals surface area contributed by atoms with Gasteiger partial charge in [-0.25, -0.2) is 0 Å². The molecule has 0 aliphatic heterocycles. The van der Waals surface area contributed by atoms with Gasteiger partial charge in [-0.2, -0.15) is 5.10 Å². The van der Waals surface area contributed by atoms with Gasteiger partial charge in [0.05, 0.1) is 5.69 Å². The number of rotatable bonds is 6. The van der Waals surface area contributed by atoms with Gasteiger partial charge in [-0.3, -0.25) is 14.7 Å². The number of hydrogen-bond donors (Lipinski definition) is 2. The smallest absolute Gasteiger partial charge is 0.303 e. The Morgan fingerprint density at radius 1 is 1.29 bits per heavy atom. The van der Waals surface area contributed by atoms with E-state index in [4.69, 9.17) is 5.11 Å². The van der Waals surface area contributed by atoms with Crippen molar-refractivity contribution in [2.24, 2.45) is 0 Å². The number of nitrogens with zero attached hydrogens (tertiary/aromatic N) is 2. The Morgan fingerprint density at radius 2 is 2.00 bits per heavy atom. The van der Waals surface area contributed by atoms with E-state index < -0.39 is 5.97 Å². The van der Waals surface area contributed by atoms with Crippen LogP contribution in [0.3, 0.4) is 0 Å². The van der Waals surface area contributed by atoms with E-state index in [1.54, 1.807) is 13.1 Å². The molecule has 0 unspecified atom stereocenters. The van der Waals surface area contributed by atoms with Gasteiger partial charge in [-0.05, 0) is 12.5 Å². The predicted molar refractivity (Wildman–Crippen MR) is 77.9 cm³/mol. The highest BCUT2D eigenvalue weighted by Gasteiger charge is 2.15. The van der Waals surface area contributed by atoms with Crippen molar-refractivity contribution in [1.82, 2.24) is 15.1 Å². The van der Waals surface area contributed by atoms with Gasteiger partial charge < -0.3 is 10.0 Å². The summed E-state index contributed by atoms with van der Waals surface area (Å²) in [5.41, 5.74) is 2.03. The van der Waals surface area contributed by atoms with Crippen LogP contribution < -0.4 is 0 Å². The van der Waals surface area contributed by atoms with Crippen LogP contribution in [0.2, 0.25) is 0 Å². The summed E-state index contributed by atoms with van der Waals surface area (Å²) in [6, 6.07) is 11.3. The first-order valence-electron chi connectivity index (χ1n) is 6.66. The van der Waals surface area contributed by atoms with Crippen molar-refractivity contribution in [1.29, 1.82) is 0 Å². The van der Waals surface area contributed by atoms with Crippen LogP contribution in [0.15, 0.2) is 36.4 Å². The second kappa shape index (κ2) is 6.69. The summed E-state index contributed by atoms with van der Waals surface area (Å²) in [5.74, 6) is -1.06. The monoisotopic (exact) mass is 287 g/mol. The van der Waals surface area contributed by atoms with Gasteiger partial charge in [-0.1, -0.05) is 30.3 Å². The number of nitrogens with one attached hydrogen (secondary N) is 1. The van der Waals surface area contributed by atoms with E-state index in [0.29, 0.717) is 24.4 Å². The number of aromatic amines is 1. The van der Waals surface area contributed by atoms with Crippen LogP contribution in [0, 0.1) is 0 Å². The SMILES string of the molecule is CN(CCCC(=O)O)C(=O)c1cc(-c2ccccc2)n[nH]1. The largest absolute Gasteiger partial charge is 0.481 e. The zero-order chi connectivity index (χ0) is 15.2. The topological polar surface area (TPSA) is 86.3 Å². The quantitative estimate of drug-likeness (QED) is 0.851. The van der Waals surface area contributed by atoms with Crippen LogP contribution in [-0.4, -0.2) is 45.7 Å². The van der Waals surface area contributed by atoms with E-state index in [1.807, 2.05) is 30.3 Å². The van der Waals surface area contributed by atoms with Crippen LogP contribution in [0.1, 0.15) is 23.3 Å². The Hall–Kier alpha value is -2.63. The third kappa shape index (κ3) is 3.92. The lowest BCUT2D eigenvalue weighted by atomic mass is 10.1. The Labute approximate surface area is 122 Å². The number of carbonyl (C=O) groups is 2. The summed E-state index contributed by atoms with van der Waals surface area (Å²) >= 11 is 0.